The van der Waals surface area contributed by atoms with E-state index in [1.807, 2.05) is 11.8 Å². The third-order valence-corrected chi connectivity index (χ3v) is 2.78. The number of hydrogen-bond acceptors (Lipinski definition) is 2. The average molecular weight is 197 g/mol. The molecule has 1 atom stereocenters. The largest absolute Gasteiger partial charge is 0.342 e. The zero-order valence-electron chi connectivity index (χ0n) is 9.08. The van der Waals surface area contributed by atoms with Crippen molar-refractivity contribution >= 4 is 11.7 Å². The van der Waals surface area contributed by atoms with Crippen LogP contribution in [0.25, 0.3) is 0 Å². The Hall–Kier alpha value is -0.860. The number of Topliss-reactive ketones (excluding diaryl/α,β-unsaturated/α-hetero) is 1. The summed E-state index contributed by atoms with van der Waals surface area (Å²) in [5.41, 5.74) is 0. The van der Waals surface area contributed by atoms with Crippen molar-refractivity contribution < 1.29 is 9.59 Å². The summed E-state index contributed by atoms with van der Waals surface area (Å²) in [6, 6.07) is 0. The molecule has 80 valence electrons. The molecule has 3 heteroatoms. The van der Waals surface area contributed by atoms with Crippen LogP contribution >= 0.6 is 0 Å². The van der Waals surface area contributed by atoms with Crippen LogP contribution in [0.5, 0.6) is 0 Å². The van der Waals surface area contributed by atoms with E-state index in [4.69, 9.17) is 0 Å². The van der Waals surface area contributed by atoms with Gasteiger partial charge in [-0.25, -0.2) is 0 Å². The molecule has 1 fully saturated rings. The molecule has 1 rings (SSSR count). The lowest BCUT2D eigenvalue weighted by Gasteiger charge is -2.28. The van der Waals surface area contributed by atoms with E-state index in [0.717, 1.165) is 12.8 Å². The molecular weight excluding hydrogens is 178 g/mol. The van der Waals surface area contributed by atoms with Crippen molar-refractivity contribution in [3.63, 3.8) is 0 Å². The van der Waals surface area contributed by atoms with Crippen molar-refractivity contribution in [2.75, 3.05) is 13.1 Å². The molecule has 0 aliphatic carbocycles. The summed E-state index contributed by atoms with van der Waals surface area (Å²) in [5.74, 6) is 0.629. The van der Waals surface area contributed by atoms with E-state index in [1.165, 1.54) is 0 Å². The first-order valence-corrected chi connectivity index (χ1v) is 5.45. The van der Waals surface area contributed by atoms with Gasteiger partial charge in [-0.05, 0) is 6.42 Å². The fraction of sp³-hybridized carbons (Fsp3) is 0.818. The summed E-state index contributed by atoms with van der Waals surface area (Å²) in [6.07, 6.45) is 3.08. The quantitative estimate of drug-likeness (QED) is 0.689. The van der Waals surface area contributed by atoms with E-state index < -0.39 is 0 Å². The van der Waals surface area contributed by atoms with Gasteiger partial charge < -0.3 is 4.90 Å². The van der Waals surface area contributed by atoms with Crippen LogP contribution in [0.1, 0.15) is 39.5 Å². The van der Waals surface area contributed by atoms with Crippen molar-refractivity contribution in [1.29, 1.82) is 0 Å². The minimum Gasteiger partial charge on any atom is -0.342 e. The normalized spacial score (nSPS) is 19.6. The van der Waals surface area contributed by atoms with Crippen LogP contribution in [0.2, 0.25) is 0 Å². The molecule has 0 aromatic carbocycles. The highest BCUT2D eigenvalue weighted by molar-refractivity contribution is 5.84. The van der Waals surface area contributed by atoms with E-state index in [-0.39, 0.29) is 17.6 Å². The third kappa shape index (κ3) is 2.82. The Bertz CT molecular complexity index is 215. The molecular formula is C11H19NO2. The molecule has 1 heterocycles. The summed E-state index contributed by atoms with van der Waals surface area (Å²) in [6.45, 7) is 5.32. The SMILES string of the molecule is CCCC(C)C(=O)N1CCC(=O)CC1. The number of hydrogen-bond donors (Lipinski definition) is 0. The Balaban J connectivity index is 2.41. The lowest BCUT2D eigenvalue weighted by molar-refractivity contribution is -0.138. The van der Waals surface area contributed by atoms with Gasteiger partial charge in [0.05, 0.1) is 0 Å². The van der Waals surface area contributed by atoms with E-state index in [2.05, 4.69) is 6.92 Å². The summed E-state index contributed by atoms with van der Waals surface area (Å²) < 4.78 is 0. The van der Waals surface area contributed by atoms with Crippen LogP contribution < -0.4 is 0 Å². The van der Waals surface area contributed by atoms with Crippen molar-refractivity contribution in [3.8, 4) is 0 Å². The minimum absolute atomic E-state index is 0.119. The minimum atomic E-state index is 0.119. The van der Waals surface area contributed by atoms with Gasteiger partial charge in [-0.15, -0.1) is 0 Å². The Kier molecular flexibility index (Phi) is 4.11. The molecule has 1 saturated heterocycles. The van der Waals surface area contributed by atoms with Gasteiger partial charge in [0.1, 0.15) is 5.78 Å². The number of nitrogens with zero attached hydrogens (tertiary/aromatic N) is 1. The smallest absolute Gasteiger partial charge is 0.225 e. The lowest BCUT2D eigenvalue weighted by atomic mass is 10.0. The molecule has 3 nitrogen and oxygen atoms in total. The monoisotopic (exact) mass is 197 g/mol. The predicted molar refractivity (Wildman–Crippen MR) is 54.9 cm³/mol. The van der Waals surface area contributed by atoms with Crippen LogP contribution in [0.4, 0.5) is 0 Å². The van der Waals surface area contributed by atoms with Crippen molar-refractivity contribution in [1.82, 2.24) is 4.90 Å². The van der Waals surface area contributed by atoms with E-state index in [0.29, 0.717) is 25.9 Å². The number of carbonyl (C=O) groups is 2. The summed E-state index contributed by atoms with van der Waals surface area (Å²) in [5, 5.41) is 0. The topological polar surface area (TPSA) is 37.4 Å². The van der Waals surface area contributed by atoms with Gasteiger partial charge in [0, 0.05) is 31.8 Å². The molecule has 0 spiro atoms. The first kappa shape index (κ1) is 11.2. The molecule has 0 bridgehead atoms. The maximum atomic E-state index is 11.8. The van der Waals surface area contributed by atoms with Crippen molar-refractivity contribution in [2.45, 2.75) is 39.5 Å². The second kappa shape index (κ2) is 5.13. The maximum Gasteiger partial charge on any atom is 0.225 e. The fourth-order valence-corrected chi connectivity index (χ4v) is 1.84. The zero-order valence-corrected chi connectivity index (χ0v) is 9.08. The molecule has 1 amide bonds. The van der Waals surface area contributed by atoms with Crippen LogP contribution in [0.3, 0.4) is 0 Å². The van der Waals surface area contributed by atoms with Gasteiger partial charge in [-0.2, -0.15) is 0 Å². The van der Waals surface area contributed by atoms with E-state index in [9.17, 15) is 9.59 Å². The number of amides is 1. The predicted octanol–water partition coefficient (Wildman–Crippen LogP) is 1.61. The van der Waals surface area contributed by atoms with Gasteiger partial charge in [0.2, 0.25) is 5.91 Å². The summed E-state index contributed by atoms with van der Waals surface area (Å²) in [7, 11) is 0. The molecule has 14 heavy (non-hydrogen) atoms. The highest BCUT2D eigenvalue weighted by Gasteiger charge is 2.23. The van der Waals surface area contributed by atoms with Crippen LogP contribution in [0.15, 0.2) is 0 Å². The lowest BCUT2D eigenvalue weighted by Crippen LogP contribution is -2.41. The standard InChI is InChI=1S/C11H19NO2/c1-3-4-9(2)11(14)12-7-5-10(13)6-8-12/h9H,3-8H2,1-2H3. The van der Waals surface area contributed by atoms with Crippen LogP contribution in [0, 0.1) is 5.92 Å². The van der Waals surface area contributed by atoms with Gasteiger partial charge in [-0.3, -0.25) is 9.59 Å². The van der Waals surface area contributed by atoms with E-state index >= 15 is 0 Å². The van der Waals surface area contributed by atoms with Crippen molar-refractivity contribution in [3.05, 3.63) is 0 Å². The molecule has 0 N–H and O–H groups in total. The van der Waals surface area contributed by atoms with Crippen LogP contribution in [-0.4, -0.2) is 29.7 Å². The Labute approximate surface area is 85.5 Å². The first-order valence-electron chi connectivity index (χ1n) is 5.45. The van der Waals surface area contributed by atoms with Gasteiger partial charge >= 0.3 is 0 Å². The Morgan fingerprint density at radius 1 is 1.43 bits per heavy atom. The zero-order chi connectivity index (χ0) is 10.6. The summed E-state index contributed by atoms with van der Waals surface area (Å²) >= 11 is 0. The van der Waals surface area contributed by atoms with Gasteiger partial charge in [-0.1, -0.05) is 20.3 Å². The fourth-order valence-electron chi connectivity index (χ4n) is 1.84. The molecule has 0 saturated carbocycles. The number of likely N-dealkylation sites (tertiary alicyclic amines) is 1. The second-order valence-electron chi connectivity index (χ2n) is 4.05. The molecule has 1 unspecified atom stereocenters. The Morgan fingerprint density at radius 3 is 2.50 bits per heavy atom. The molecule has 0 aromatic rings. The van der Waals surface area contributed by atoms with Crippen LogP contribution in [-0.2, 0) is 9.59 Å². The highest BCUT2D eigenvalue weighted by atomic mass is 16.2. The average Bonchev–Trinajstić information content (AvgIpc) is 2.18. The Morgan fingerprint density at radius 2 is 2.00 bits per heavy atom. The summed E-state index contributed by atoms with van der Waals surface area (Å²) in [4.78, 5) is 24.6. The molecule has 0 radical (unpaired) electrons. The van der Waals surface area contributed by atoms with Gasteiger partial charge in [0.25, 0.3) is 0 Å². The van der Waals surface area contributed by atoms with Crippen molar-refractivity contribution in [2.24, 2.45) is 5.92 Å². The van der Waals surface area contributed by atoms with E-state index in [1.54, 1.807) is 0 Å². The number of ketones is 1. The van der Waals surface area contributed by atoms with Gasteiger partial charge in [0.15, 0.2) is 0 Å². The molecule has 0 aromatic heterocycles. The molecule has 1 aliphatic heterocycles. The molecule has 1 aliphatic rings. The highest BCUT2D eigenvalue weighted by Crippen LogP contribution is 2.13. The number of carbonyl (C=O) groups excluding carboxylic acids is 2. The first-order chi connectivity index (χ1) is 6.65. The number of rotatable bonds is 3. The third-order valence-electron chi connectivity index (χ3n) is 2.78. The number of piperidine rings is 1. The maximum absolute atomic E-state index is 11.8. The second-order valence-corrected chi connectivity index (χ2v) is 4.05.